The van der Waals surface area contributed by atoms with Crippen LogP contribution in [0.5, 0.6) is 0 Å². The lowest BCUT2D eigenvalue weighted by Gasteiger charge is -2.28. The lowest BCUT2D eigenvalue weighted by atomic mass is 9.89. The van der Waals surface area contributed by atoms with Crippen molar-refractivity contribution in [1.82, 2.24) is 35.1 Å². The molecule has 2 N–H and O–H groups in total. The number of methoxy groups -OCH3 is 1. The summed E-state index contributed by atoms with van der Waals surface area (Å²) >= 11 is 0. The number of piperidine rings is 1. The third-order valence-corrected chi connectivity index (χ3v) is 7.37. The molecule has 0 bridgehead atoms. The molecule has 1 fully saturated rings. The molecule has 0 unspecified atom stereocenters. The zero-order chi connectivity index (χ0) is 27.5. The van der Waals surface area contributed by atoms with E-state index >= 15 is 0 Å². The van der Waals surface area contributed by atoms with Crippen LogP contribution in [0.25, 0.3) is 32.9 Å². The van der Waals surface area contributed by atoms with Gasteiger partial charge in [-0.05, 0) is 56.2 Å². The molecule has 5 rings (SSSR count). The van der Waals surface area contributed by atoms with E-state index in [1.54, 1.807) is 4.68 Å². The molecule has 11 heteroatoms. The van der Waals surface area contributed by atoms with Gasteiger partial charge in [-0.3, -0.25) is 23.7 Å². The number of amides is 2. The Labute approximate surface area is 226 Å². The first-order valence-electron chi connectivity index (χ1n) is 13.0. The van der Waals surface area contributed by atoms with Crippen molar-refractivity contribution in [2.75, 3.05) is 40.3 Å². The van der Waals surface area contributed by atoms with Gasteiger partial charge in [-0.25, -0.2) is 0 Å². The number of carbonyl (C=O) groups excluding carboxylic acids is 3. The number of rotatable bonds is 8. The van der Waals surface area contributed by atoms with Crippen LogP contribution in [0.2, 0.25) is 0 Å². The second kappa shape index (κ2) is 11.2. The van der Waals surface area contributed by atoms with Gasteiger partial charge in [0, 0.05) is 23.7 Å². The van der Waals surface area contributed by atoms with E-state index in [4.69, 9.17) is 5.10 Å². The predicted octanol–water partition coefficient (Wildman–Crippen LogP) is 1.80. The molecule has 0 radical (unpaired) electrons. The van der Waals surface area contributed by atoms with Crippen LogP contribution in [-0.2, 0) is 32.7 Å². The van der Waals surface area contributed by atoms with E-state index in [1.165, 1.54) is 7.11 Å². The first-order valence-corrected chi connectivity index (χ1v) is 13.0. The van der Waals surface area contributed by atoms with Gasteiger partial charge in [-0.15, -0.1) is 0 Å². The van der Waals surface area contributed by atoms with Crippen molar-refractivity contribution >= 4 is 39.6 Å². The highest BCUT2D eigenvalue weighted by atomic mass is 16.5. The summed E-state index contributed by atoms with van der Waals surface area (Å²) in [6.45, 7) is 1.46. The summed E-state index contributed by atoms with van der Waals surface area (Å²) in [5.74, 6) is -1.10. The number of fused-ring (bicyclic) bond motifs is 2. The molecule has 0 saturated carbocycles. The van der Waals surface area contributed by atoms with E-state index in [9.17, 15) is 14.4 Å². The van der Waals surface area contributed by atoms with Crippen LogP contribution in [0, 0.1) is 0 Å². The highest BCUT2D eigenvalue weighted by Gasteiger charge is 2.26. The quantitative estimate of drug-likeness (QED) is 0.333. The van der Waals surface area contributed by atoms with E-state index < -0.39 is 11.9 Å². The average molecular weight is 532 g/mol. The molecule has 2 aromatic heterocycles. The second-order valence-corrected chi connectivity index (χ2v) is 9.99. The van der Waals surface area contributed by atoms with Gasteiger partial charge in [0.15, 0.2) is 0 Å². The van der Waals surface area contributed by atoms with Gasteiger partial charge >= 0.3 is 5.97 Å². The van der Waals surface area contributed by atoms with E-state index in [0.29, 0.717) is 0 Å². The first-order chi connectivity index (χ1) is 18.8. The van der Waals surface area contributed by atoms with E-state index in [0.717, 1.165) is 64.6 Å². The molecule has 1 aliphatic rings. The number of nitrogens with zero attached hydrogens (tertiary/aromatic N) is 5. The summed E-state index contributed by atoms with van der Waals surface area (Å²) in [5, 5.41) is 16.5. The SMILES string of the molecule is COC(=O)CNC(=O)CNC(=O)Cn1nc(C2CCN(C)CC2)c2c(-c3ccc4cnn(C)c4c3)cccc21. The number of benzene rings is 2. The molecule has 1 aliphatic heterocycles. The van der Waals surface area contributed by atoms with Crippen LogP contribution in [0.1, 0.15) is 24.5 Å². The summed E-state index contributed by atoms with van der Waals surface area (Å²) in [4.78, 5) is 38.4. The van der Waals surface area contributed by atoms with Crippen LogP contribution in [0.4, 0.5) is 0 Å². The van der Waals surface area contributed by atoms with Crippen molar-refractivity contribution in [3.8, 4) is 11.1 Å². The smallest absolute Gasteiger partial charge is 0.325 e. The second-order valence-electron chi connectivity index (χ2n) is 9.99. The number of nitrogens with one attached hydrogen (secondary N) is 2. The molecule has 2 aromatic carbocycles. The lowest BCUT2D eigenvalue weighted by molar-refractivity contribution is -0.141. The van der Waals surface area contributed by atoms with Crippen LogP contribution in [-0.4, -0.2) is 82.6 Å². The predicted molar refractivity (Wildman–Crippen MR) is 147 cm³/mol. The van der Waals surface area contributed by atoms with E-state index in [-0.39, 0.29) is 31.5 Å². The highest BCUT2D eigenvalue weighted by Crippen LogP contribution is 2.38. The topological polar surface area (TPSA) is 123 Å². The molecule has 3 heterocycles. The summed E-state index contributed by atoms with van der Waals surface area (Å²) in [6.07, 6.45) is 3.84. The summed E-state index contributed by atoms with van der Waals surface area (Å²) < 4.78 is 8.11. The van der Waals surface area contributed by atoms with Crippen LogP contribution in [0.15, 0.2) is 42.6 Å². The number of esters is 1. The largest absolute Gasteiger partial charge is 0.468 e. The third kappa shape index (κ3) is 5.63. The minimum atomic E-state index is -0.558. The fourth-order valence-corrected chi connectivity index (χ4v) is 5.18. The zero-order valence-corrected chi connectivity index (χ0v) is 22.4. The highest BCUT2D eigenvalue weighted by molar-refractivity contribution is 5.99. The zero-order valence-electron chi connectivity index (χ0n) is 22.4. The maximum Gasteiger partial charge on any atom is 0.325 e. The van der Waals surface area contributed by atoms with E-state index in [1.807, 2.05) is 30.1 Å². The Hall–Kier alpha value is -4.25. The molecule has 0 spiro atoms. The fraction of sp³-hybridized carbons (Fsp3) is 0.393. The molecule has 4 aromatic rings. The van der Waals surface area contributed by atoms with Crippen molar-refractivity contribution in [2.24, 2.45) is 7.05 Å². The van der Waals surface area contributed by atoms with Crippen LogP contribution >= 0.6 is 0 Å². The number of hydrogen-bond donors (Lipinski definition) is 2. The van der Waals surface area contributed by atoms with Crippen molar-refractivity contribution in [1.29, 1.82) is 0 Å². The molecule has 39 heavy (non-hydrogen) atoms. The van der Waals surface area contributed by atoms with Gasteiger partial charge < -0.3 is 20.3 Å². The van der Waals surface area contributed by atoms with E-state index in [2.05, 4.69) is 56.7 Å². The Bertz CT molecular complexity index is 1530. The Morgan fingerprint density at radius 2 is 1.77 bits per heavy atom. The first kappa shape index (κ1) is 26.4. The summed E-state index contributed by atoms with van der Waals surface area (Å²) in [7, 11) is 5.31. The molecular weight excluding hydrogens is 498 g/mol. The number of aryl methyl sites for hydroxylation is 1. The van der Waals surface area contributed by atoms with Gasteiger partial charge in [0.2, 0.25) is 11.8 Å². The van der Waals surface area contributed by atoms with Gasteiger partial charge in [0.05, 0.1) is 36.6 Å². The summed E-state index contributed by atoms with van der Waals surface area (Å²) in [6, 6.07) is 12.4. The molecule has 1 saturated heterocycles. The number of ether oxygens (including phenoxy) is 1. The average Bonchev–Trinajstić information content (AvgIpc) is 3.51. The Balaban J connectivity index is 1.46. The minimum absolute atomic E-state index is 0.0301. The number of aromatic nitrogens is 4. The van der Waals surface area contributed by atoms with Gasteiger partial charge in [-0.1, -0.05) is 24.3 Å². The number of likely N-dealkylation sites (tertiary alicyclic amines) is 1. The molecule has 2 amide bonds. The van der Waals surface area contributed by atoms with Gasteiger partial charge in [-0.2, -0.15) is 10.2 Å². The lowest BCUT2D eigenvalue weighted by Crippen LogP contribution is -2.40. The Morgan fingerprint density at radius 3 is 2.54 bits per heavy atom. The molecule has 0 atom stereocenters. The van der Waals surface area contributed by atoms with Crippen LogP contribution in [0.3, 0.4) is 0 Å². The maximum absolute atomic E-state index is 12.8. The van der Waals surface area contributed by atoms with Crippen molar-refractivity contribution in [3.63, 3.8) is 0 Å². The molecule has 204 valence electrons. The maximum atomic E-state index is 12.8. The molecule has 0 aliphatic carbocycles. The number of carbonyl (C=O) groups is 3. The summed E-state index contributed by atoms with van der Waals surface area (Å²) in [5.41, 5.74) is 5.05. The number of hydrogen-bond acceptors (Lipinski definition) is 7. The molecular formula is C28H33N7O4. The van der Waals surface area contributed by atoms with Gasteiger partial charge in [0.25, 0.3) is 0 Å². The fourth-order valence-electron chi connectivity index (χ4n) is 5.18. The molecule has 11 nitrogen and oxygen atoms in total. The van der Waals surface area contributed by atoms with Gasteiger partial charge in [0.1, 0.15) is 13.1 Å². The monoisotopic (exact) mass is 531 g/mol. The normalized spacial score (nSPS) is 14.5. The minimum Gasteiger partial charge on any atom is -0.468 e. The van der Waals surface area contributed by atoms with Crippen molar-refractivity contribution in [3.05, 3.63) is 48.3 Å². The Kier molecular flexibility index (Phi) is 7.60. The standard InChI is InChI=1S/C28H33N7O4/c1-33-11-9-18(10-12-33)28-27-21(19-7-8-20-14-31-34(2)23(20)13-19)5-4-6-22(27)35(32-28)17-25(37)29-15-24(36)30-16-26(38)39-3/h4-8,13-14,18H,9-12,15-17H2,1-3H3,(H,29,37)(H,30,36). The van der Waals surface area contributed by atoms with Crippen molar-refractivity contribution < 1.29 is 19.1 Å². The Morgan fingerprint density at radius 1 is 1.00 bits per heavy atom. The van der Waals surface area contributed by atoms with Crippen molar-refractivity contribution in [2.45, 2.75) is 25.3 Å². The third-order valence-electron chi connectivity index (χ3n) is 7.37. The van der Waals surface area contributed by atoms with Crippen LogP contribution < -0.4 is 10.6 Å².